The lowest BCUT2D eigenvalue weighted by molar-refractivity contribution is -0.132. The molecule has 0 bridgehead atoms. The molecule has 0 fully saturated rings. The fourth-order valence-electron chi connectivity index (χ4n) is 3.48. The zero-order valence-electron chi connectivity index (χ0n) is 18.9. The molecule has 0 radical (unpaired) electrons. The number of unbranched alkanes of at least 4 members (excludes halogenated alkanes) is 7. The molecule has 0 saturated carbocycles. The second-order valence-corrected chi connectivity index (χ2v) is 8.06. The summed E-state index contributed by atoms with van der Waals surface area (Å²) in [5, 5.41) is 3.05. The summed E-state index contributed by atoms with van der Waals surface area (Å²) in [5.74, 6) is 0.211. The first-order chi connectivity index (χ1) is 14.1. The first-order valence-corrected chi connectivity index (χ1v) is 11.7. The van der Waals surface area contributed by atoms with E-state index in [4.69, 9.17) is 0 Å². The van der Waals surface area contributed by atoms with Crippen molar-refractivity contribution in [1.29, 1.82) is 0 Å². The molecule has 4 nitrogen and oxygen atoms in total. The Balaban J connectivity index is 2.35. The number of nitrogens with zero attached hydrogens (tertiary/aromatic N) is 1. The van der Waals surface area contributed by atoms with Gasteiger partial charge < -0.3 is 10.2 Å². The van der Waals surface area contributed by atoms with E-state index in [0.717, 1.165) is 37.8 Å². The Kier molecular flexibility index (Phi) is 13.9. The number of hydrogen-bond acceptors (Lipinski definition) is 2. The summed E-state index contributed by atoms with van der Waals surface area (Å²) >= 11 is 0. The summed E-state index contributed by atoms with van der Waals surface area (Å²) in [7, 11) is 0. The van der Waals surface area contributed by atoms with Gasteiger partial charge in [-0.05, 0) is 25.3 Å². The van der Waals surface area contributed by atoms with Gasteiger partial charge in [-0.2, -0.15) is 0 Å². The van der Waals surface area contributed by atoms with E-state index in [-0.39, 0.29) is 17.9 Å². The molecule has 0 aliphatic rings. The van der Waals surface area contributed by atoms with Crippen molar-refractivity contribution in [2.24, 2.45) is 0 Å². The van der Waals surface area contributed by atoms with Gasteiger partial charge in [0.05, 0.1) is 6.04 Å². The van der Waals surface area contributed by atoms with Crippen LogP contribution in [0.1, 0.15) is 103 Å². The van der Waals surface area contributed by atoms with Crippen molar-refractivity contribution in [2.75, 3.05) is 13.1 Å². The molecule has 164 valence electrons. The van der Waals surface area contributed by atoms with Crippen LogP contribution in [0.2, 0.25) is 0 Å². The molecule has 1 rings (SSSR count). The van der Waals surface area contributed by atoms with E-state index >= 15 is 0 Å². The first kappa shape index (κ1) is 25.2. The van der Waals surface area contributed by atoms with Crippen molar-refractivity contribution < 1.29 is 9.59 Å². The van der Waals surface area contributed by atoms with E-state index in [1.54, 1.807) is 0 Å². The maximum absolute atomic E-state index is 12.6. The normalized spacial score (nSPS) is 11.8. The fraction of sp³-hybridized carbons (Fsp3) is 0.680. The number of hydrogen-bond donors (Lipinski definition) is 1. The largest absolute Gasteiger partial charge is 0.350 e. The Morgan fingerprint density at radius 3 is 2.10 bits per heavy atom. The van der Waals surface area contributed by atoms with Crippen LogP contribution in [-0.2, 0) is 9.59 Å². The molecule has 1 aromatic carbocycles. The van der Waals surface area contributed by atoms with Gasteiger partial charge >= 0.3 is 0 Å². The number of amides is 2. The highest BCUT2D eigenvalue weighted by molar-refractivity contribution is 5.79. The molecular weight excluding hydrogens is 360 g/mol. The highest BCUT2D eigenvalue weighted by Crippen LogP contribution is 2.12. The number of carbonyl (C=O) groups is 2. The van der Waals surface area contributed by atoms with E-state index in [1.807, 2.05) is 42.2 Å². The molecule has 0 heterocycles. The van der Waals surface area contributed by atoms with E-state index in [0.29, 0.717) is 19.4 Å². The molecule has 0 aromatic heterocycles. The van der Waals surface area contributed by atoms with Gasteiger partial charge in [0.15, 0.2) is 0 Å². The summed E-state index contributed by atoms with van der Waals surface area (Å²) in [5.41, 5.74) is 1.10. The minimum absolute atomic E-state index is 0.00609. The maximum atomic E-state index is 12.6. The molecule has 2 amide bonds. The first-order valence-electron chi connectivity index (χ1n) is 11.7. The zero-order chi connectivity index (χ0) is 21.3. The fourth-order valence-corrected chi connectivity index (χ4v) is 3.48. The van der Waals surface area contributed by atoms with Crippen LogP contribution in [0.4, 0.5) is 0 Å². The number of benzene rings is 1. The molecule has 1 N–H and O–H groups in total. The predicted octanol–water partition coefficient (Wildman–Crippen LogP) is 6.02. The average Bonchev–Trinajstić information content (AvgIpc) is 2.73. The third-order valence-corrected chi connectivity index (χ3v) is 5.41. The van der Waals surface area contributed by atoms with Gasteiger partial charge in [0, 0.05) is 25.9 Å². The lowest BCUT2D eigenvalue weighted by Crippen LogP contribution is -2.36. The summed E-state index contributed by atoms with van der Waals surface area (Å²) in [6.07, 6.45) is 11.5. The van der Waals surface area contributed by atoms with Gasteiger partial charge in [0.1, 0.15) is 0 Å². The smallest absolute Gasteiger partial charge is 0.222 e. The third kappa shape index (κ3) is 11.7. The molecule has 29 heavy (non-hydrogen) atoms. The topological polar surface area (TPSA) is 49.4 Å². The Morgan fingerprint density at radius 1 is 0.828 bits per heavy atom. The Labute approximate surface area is 178 Å². The third-order valence-electron chi connectivity index (χ3n) is 5.41. The van der Waals surface area contributed by atoms with Gasteiger partial charge in [0.25, 0.3) is 0 Å². The van der Waals surface area contributed by atoms with Gasteiger partial charge in [-0.15, -0.1) is 0 Å². The van der Waals surface area contributed by atoms with E-state index < -0.39 is 0 Å². The van der Waals surface area contributed by atoms with Crippen LogP contribution in [0.5, 0.6) is 0 Å². The molecule has 0 spiro atoms. The van der Waals surface area contributed by atoms with Crippen LogP contribution >= 0.6 is 0 Å². The minimum Gasteiger partial charge on any atom is -0.350 e. The summed E-state index contributed by atoms with van der Waals surface area (Å²) < 4.78 is 0. The van der Waals surface area contributed by atoms with Crippen molar-refractivity contribution >= 4 is 11.8 Å². The van der Waals surface area contributed by atoms with E-state index in [2.05, 4.69) is 19.2 Å². The monoisotopic (exact) mass is 402 g/mol. The second kappa shape index (κ2) is 16.0. The van der Waals surface area contributed by atoms with Crippen LogP contribution in [0.25, 0.3) is 0 Å². The number of rotatable bonds is 16. The van der Waals surface area contributed by atoms with Crippen molar-refractivity contribution in [2.45, 2.75) is 97.4 Å². The SMILES string of the molecule is CCCCCCCCCC(=O)N(CCCC)CCC(=O)NC(C)c1ccccc1. The van der Waals surface area contributed by atoms with Gasteiger partial charge in [0.2, 0.25) is 11.8 Å². The summed E-state index contributed by atoms with van der Waals surface area (Å²) in [6.45, 7) is 7.63. The highest BCUT2D eigenvalue weighted by Gasteiger charge is 2.15. The molecule has 0 saturated heterocycles. The second-order valence-electron chi connectivity index (χ2n) is 8.06. The van der Waals surface area contributed by atoms with E-state index in [1.165, 1.54) is 32.1 Å². The van der Waals surface area contributed by atoms with E-state index in [9.17, 15) is 9.59 Å². The molecule has 1 unspecified atom stereocenters. The molecule has 1 atom stereocenters. The van der Waals surface area contributed by atoms with Crippen LogP contribution in [0.3, 0.4) is 0 Å². The molecule has 0 aliphatic carbocycles. The van der Waals surface area contributed by atoms with Gasteiger partial charge in [-0.3, -0.25) is 9.59 Å². The molecule has 1 aromatic rings. The highest BCUT2D eigenvalue weighted by atomic mass is 16.2. The zero-order valence-corrected chi connectivity index (χ0v) is 18.9. The minimum atomic E-state index is -0.0174. The van der Waals surface area contributed by atoms with Crippen LogP contribution in [0, 0.1) is 0 Å². The van der Waals surface area contributed by atoms with Crippen LogP contribution < -0.4 is 5.32 Å². The Hall–Kier alpha value is -1.84. The van der Waals surface area contributed by atoms with Gasteiger partial charge in [-0.1, -0.05) is 89.1 Å². The van der Waals surface area contributed by atoms with Crippen LogP contribution in [0.15, 0.2) is 30.3 Å². The van der Waals surface area contributed by atoms with Crippen molar-refractivity contribution in [3.05, 3.63) is 35.9 Å². The lowest BCUT2D eigenvalue weighted by atomic mass is 10.1. The van der Waals surface area contributed by atoms with Gasteiger partial charge in [-0.25, -0.2) is 0 Å². The van der Waals surface area contributed by atoms with Crippen molar-refractivity contribution in [3.63, 3.8) is 0 Å². The number of carbonyl (C=O) groups excluding carboxylic acids is 2. The van der Waals surface area contributed by atoms with Crippen molar-refractivity contribution in [1.82, 2.24) is 10.2 Å². The Morgan fingerprint density at radius 2 is 1.45 bits per heavy atom. The lowest BCUT2D eigenvalue weighted by Gasteiger charge is -2.23. The average molecular weight is 403 g/mol. The number of nitrogens with one attached hydrogen (secondary N) is 1. The molecular formula is C25H42N2O2. The predicted molar refractivity (Wildman–Crippen MR) is 122 cm³/mol. The van der Waals surface area contributed by atoms with Crippen molar-refractivity contribution in [3.8, 4) is 0 Å². The summed E-state index contributed by atoms with van der Waals surface area (Å²) in [4.78, 5) is 26.9. The summed E-state index contributed by atoms with van der Waals surface area (Å²) in [6, 6.07) is 9.95. The molecule has 0 aliphatic heterocycles. The Bertz CT molecular complexity index is 559. The van der Waals surface area contributed by atoms with Crippen LogP contribution in [-0.4, -0.2) is 29.8 Å². The molecule has 4 heteroatoms. The maximum Gasteiger partial charge on any atom is 0.222 e. The quantitative estimate of drug-likeness (QED) is 0.344. The standard InChI is InChI=1S/C25H42N2O2/c1-4-6-8-9-10-11-15-18-25(29)27(20-7-5-2)21-19-24(28)26-22(3)23-16-13-12-14-17-23/h12-14,16-17,22H,4-11,15,18-21H2,1-3H3,(H,26,28).